The molecular formula is C18H19N3OS. The van der Waals surface area contributed by atoms with Crippen molar-refractivity contribution in [1.29, 1.82) is 0 Å². The van der Waals surface area contributed by atoms with Crippen LogP contribution in [0.2, 0.25) is 0 Å². The summed E-state index contributed by atoms with van der Waals surface area (Å²) in [7, 11) is 0. The number of carbonyl (C=O) groups excluding carboxylic acids is 1. The molecule has 1 amide bonds. The fourth-order valence-electron chi connectivity index (χ4n) is 2.42. The summed E-state index contributed by atoms with van der Waals surface area (Å²) in [6.45, 7) is 2.54. The lowest BCUT2D eigenvalue weighted by Crippen LogP contribution is -2.32. The first-order valence-electron chi connectivity index (χ1n) is 7.63. The van der Waals surface area contributed by atoms with E-state index in [1.165, 1.54) is 4.90 Å². The van der Waals surface area contributed by atoms with Crippen LogP contribution in [0.5, 0.6) is 0 Å². The normalized spacial score (nSPS) is 12.2. The molecule has 3 rings (SSSR count). The second-order valence-corrected chi connectivity index (χ2v) is 6.44. The molecule has 0 spiro atoms. The van der Waals surface area contributed by atoms with Gasteiger partial charge in [0.05, 0.1) is 17.4 Å². The molecule has 0 saturated heterocycles. The van der Waals surface area contributed by atoms with Gasteiger partial charge in [0.15, 0.2) is 0 Å². The van der Waals surface area contributed by atoms with Crippen molar-refractivity contribution in [2.45, 2.75) is 17.9 Å². The van der Waals surface area contributed by atoms with E-state index in [4.69, 9.17) is 0 Å². The summed E-state index contributed by atoms with van der Waals surface area (Å²) >= 11 is 1.74. The predicted molar refractivity (Wildman–Crippen MR) is 94.6 cm³/mol. The minimum absolute atomic E-state index is 0.0156. The number of hydrogen-bond acceptors (Lipinski definition) is 3. The number of para-hydroxylation sites is 2. The lowest BCUT2D eigenvalue weighted by atomic mass is 10.2. The highest BCUT2D eigenvalue weighted by Gasteiger charge is 2.16. The molecule has 0 aliphatic carbocycles. The van der Waals surface area contributed by atoms with Crippen molar-refractivity contribution < 1.29 is 4.79 Å². The van der Waals surface area contributed by atoms with Gasteiger partial charge in [-0.3, -0.25) is 4.79 Å². The third kappa shape index (κ3) is 3.74. The molecule has 0 aliphatic heterocycles. The summed E-state index contributed by atoms with van der Waals surface area (Å²) in [4.78, 5) is 17.9. The number of carbonyl (C=O) groups is 1. The van der Waals surface area contributed by atoms with E-state index in [1.54, 1.807) is 18.1 Å². The third-order valence-electron chi connectivity index (χ3n) is 3.69. The zero-order chi connectivity index (χ0) is 16.1. The Balaban J connectivity index is 1.54. The predicted octanol–water partition coefficient (Wildman–Crippen LogP) is 3.51. The molecule has 2 aromatic carbocycles. The second kappa shape index (κ2) is 7.33. The number of nitrogens with zero attached hydrogens (tertiary/aromatic N) is 2. The minimum Gasteiger partial charge on any atom is -0.353 e. The van der Waals surface area contributed by atoms with E-state index in [9.17, 15) is 4.79 Å². The van der Waals surface area contributed by atoms with Crippen LogP contribution in [-0.2, 0) is 4.79 Å². The van der Waals surface area contributed by atoms with Crippen molar-refractivity contribution >= 4 is 28.7 Å². The Morgan fingerprint density at radius 3 is 2.74 bits per heavy atom. The molecule has 1 N–H and O–H groups in total. The molecule has 3 aromatic rings. The van der Waals surface area contributed by atoms with Crippen LogP contribution in [0.1, 0.15) is 13.0 Å². The Labute approximate surface area is 139 Å². The summed E-state index contributed by atoms with van der Waals surface area (Å²) in [5, 5.41) is 3.00. The summed E-state index contributed by atoms with van der Waals surface area (Å²) in [6, 6.07) is 17.8. The van der Waals surface area contributed by atoms with Crippen LogP contribution in [0.4, 0.5) is 0 Å². The zero-order valence-electron chi connectivity index (χ0n) is 13.0. The van der Waals surface area contributed by atoms with Crippen LogP contribution < -0.4 is 5.32 Å². The molecule has 4 nitrogen and oxygen atoms in total. The van der Waals surface area contributed by atoms with Gasteiger partial charge in [0.1, 0.15) is 6.04 Å². The quantitative estimate of drug-likeness (QED) is 0.557. The Kier molecular flexibility index (Phi) is 4.98. The fourth-order valence-corrected chi connectivity index (χ4v) is 3.21. The molecule has 1 aromatic heterocycles. The smallest absolute Gasteiger partial charge is 0.242 e. The SMILES string of the molecule is CC(C(=O)NCCSc1ccccc1)n1cnc2ccccc21. The van der Waals surface area contributed by atoms with Crippen LogP contribution in [-0.4, -0.2) is 27.8 Å². The molecule has 1 unspecified atom stereocenters. The molecule has 0 radical (unpaired) electrons. The number of amides is 1. The Morgan fingerprint density at radius 2 is 1.91 bits per heavy atom. The van der Waals surface area contributed by atoms with Crippen LogP contribution in [0, 0.1) is 0 Å². The van der Waals surface area contributed by atoms with Gasteiger partial charge in [-0.1, -0.05) is 30.3 Å². The molecule has 118 valence electrons. The highest BCUT2D eigenvalue weighted by molar-refractivity contribution is 7.99. The maximum absolute atomic E-state index is 12.3. The van der Waals surface area contributed by atoms with Crippen LogP contribution >= 0.6 is 11.8 Å². The van der Waals surface area contributed by atoms with E-state index in [-0.39, 0.29) is 11.9 Å². The number of fused-ring (bicyclic) bond motifs is 1. The summed E-state index contributed by atoms with van der Waals surface area (Å²) in [5.41, 5.74) is 1.89. The minimum atomic E-state index is -0.274. The van der Waals surface area contributed by atoms with Crippen molar-refractivity contribution in [3.63, 3.8) is 0 Å². The summed E-state index contributed by atoms with van der Waals surface area (Å²) in [6.07, 6.45) is 1.73. The number of benzene rings is 2. The first-order valence-corrected chi connectivity index (χ1v) is 8.61. The van der Waals surface area contributed by atoms with Crippen LogP contribution in [0.15, 0.2) is 65.8 Å². The van der Waals surface area contributed by atoms with E-state index in [1.807, 2.05) is 54.0 Å². The van der Waals surface area contributed by atoms with Crippen molar-refractivity contribution in [3.05, 3.63) is 60.9 Å². The zero-order valence-corrected chi connectivity index (χ0v) is 13.8. The second-order valence-electron chi connectivity index (χ2n) is 5.27. The molecular weight excluding hydrogens is 306 g/mol. The Hall–Kier alpha value is -2.27. The number of hydrogen-bond donors (Lipinski definition) is 1. The van der Waals surface area contributed by atoms with Crippen molar-refractivity contribution in [2.24, 2.45) is 0 Å². The Morgan fingerprint density at radius 1 is 1.17 bits per heavy atom. The first kappa shape index (κ1) is 15.6. The van der Waals surface area contributed by atoms with E-state index in [0.717, 1.165) is 16.8 Å². The molecule has 0 fully saturated rings. The molecule has 1 atom stereocenters. The van der Waals surface area contributed by atoms with Gasteiger partial charge in [-0.2, -0.15) is 0 Å². The van der Waals surface area contributed by atoms with Crippen molar-refractivity contribution in [2.75, 3.05) is 12.3 Å². The van der Waals surface area contributed by atoms with Gasteiger partial charge in [-0.15, -0.1) is 11.8 Å². The largest absolute Gasteiger partial charge is 0.353 e. The lowest BCUT2D eigenvalue weighted by molar-refractivity contribution is -0.123. The molecule has 23 heavy (non-hydrogen) atoms. The average Bonchev–Trinajstić information content (AvgIpc) is 3.03. The number of imidazole rings is 1. The van der Waals surface area contributed by atoms with E-state index in [2.05, 4.69) is 22.4 Å². The maximum Gasteiger partial charge on any atom is 0.242 e. The summed E-state index contributed by atoms with van der Waals surface area (Å²) in [5.74, 6) is 0.870. The topological polar surface area (TPSA) is 46.9 Å². The van der Waals surface area contributed by atoms with Gasteiger partial charge in [0.25, 0.3) is 0 Å². The van der Waals surface area contributed by atoms with E-state index >= 15 is 0 Å². The van der Waals surface area contributed by atoms with Gasteiger partial charge in [0, 0.05) is 17.2 Å². The molecule has 0 saturated carbocycles. The standard InChI is InChI=1S/C18H19N3OS/c1-14(21-13-20-16-9-5-6-10-17(16)21)18(22)19-11-12-23-15-7-3-2-4-8-15/h2-10,13-14H,11-12H2,1H3,(H,19,22). The number of nitrogens with one attached hydrogen (secondary N) is 1. The van der Waals surface area contributed by atoms with Gasteiger partial charge in [-0.05, 0) is 31.2 Å². The highest BCUT2D eigenvalue weighted by atomic mass is 32.2. The maximum atomic E-state index is 12.3. The third-order valence-corrected chi connectivity index (χ3v) is 4.70. The van der Waals surface area contributed by atoms with Crippen LogP contribution in [0.3, 0.4) is 0 Å². The van der Waals surface area contributed by atoms with Gasteiger partial charge >= 0.3 is 0 Å². The van der Waals surface area contributed by atoms with Gasteiger partial charge < -0.3 is 9.88 Å². The highest BCUT2D eigenvalue weighted by Crippen LogP contribution is 2.18. The van der Waals surface area contributed by atoms with Crippen molar-refractivity contribution in [3.8, 4) is 0 Å². The molecule has 0 aliphatic rings. The van der Waals surface area contributed by atoms with Crippen molar-refractivity contribution in [1.82, 2.24) is 14.9 Å². The monoisotopic (exact) mass is 325 g/mol. The van der Waals surface area contributed by atoms with E-state index < -0.39 is 0 Å². The van der Waals surface area contributed by atoms with Gasteiger partial charge in [-0.25, -0.2) is 4.98 Å². The first-order chi connectivity index (χ1) is 11.3. The molecule has 1 heterocycles. The van der Waals surface area contributed by atoms with Gasteiger partial charge in [0.2, 0.25) is 5.91 Å². The molecule has 0 bridgehead atoms. The summed E-state index contributed by atoms with van der Waals surface area (Å²) < 4.78 is 1.91. The fraction of sp³-hybridized carbons (Fsp3) is 0.222. The van der Waals surface area contributed by atoms with E-state index in [0.29, 0.717) is 6.54 Å². The van der Waals surface area contributed by atoms with Crippen LogP contribution in [0.25, 0.3) is 11.0 Å². The number of thioether (sulfide) groups is 1. The molecule has 5 heteroatoms. The number of rotatable bonds is 6. The lowest BCUT2D eigenvalue weighted by Gasteiger charge is -2.14. The Bertz CT molecular complexity index is 785. The number of aromatic nitrogens is 2. The average molecular weight is 325 g/mol.